The zero-order valence-corrected chi connectivity index (χ0v) is 11.4. The summed E-state index contributed by atoms with van der Waals surface area (Å²) in [6.45, 7) is 3.40. The lowest BCUT2D eigenvalue weighted by atomic mass is 10.4. The van der Waals surface area contributed by atoms with Gasteiger partial charge in [-0.05, 0) is 12.5 Å². The van der Waals surface area contributed by atoms with E-state index in [1.165, 1.54) is 0 Å². The van der Waals surface area contributed by atoms with Crippen LogP contribution in [0.1, 0.15) is 25.5 Å². The van der Waals surface area contributed by atoms with Crippen LogP contribution in [-0.4, -0.2) is 34.8 Å². The number of carbonyl (C=O) groups excluding carboxylic acids is 2. The third kappa shape index (κ3) is 5.89. The van der Waals surface area contributed by atoms with Crippen LogP contribution in [0.15, 0.2) is 12.3 Å². The van der Waals surface area contributed by atoms with Crippen molar-refractivity contribution >= 4 is 11.9 Å². The molecule has 0 aromatic carbocycles. The summed E-state index contributed by atoms with van der Waals surface area (Å²) in [6, 6.07) is 1.54. The summed E-state index contributed by atoms with van der Waals surface area (Å²) >= 11 is 0. The van der Waals surface area contributed by atoms with Crippen LogP contribution in [0.2, 0.25) is 0 Å². The van der Waals surface area contributed by atoms with Gasteiger partial charge in [-0.25, -0.2) is 4.79 Å². The van der Waals surface area contributed by atoms with Crippen LogP contribution < -0.4 is 16.0 Å². The molecule has 106 valence electrons. The summed E-state index contributed by atoms with van der Waals surface area (Å²) in [5.74, 6) is -0.0474. The van der Waals surface area contributed by atoms with E-state index in [0.29, 0.717) is 26.1 Å². The summed E-state index contributed by atoms with van der Waals surface area (Å²) in [4.78, 5) is 22.7. The molecule has 19 heavy (non-hydrogen) atoms. The number of nitrogens with one attached hydrogen (secondary N) is 3. The van der Waals surface area contributed by atoms with Crippen LogP contribution >= 0.6 is 0 Å². The number of hydrogen-bond donors (Lipinski definition) is 3. The fourth-order valence-electron chi connectivity index (χ4n) is 1.45. The summed E-state index contributed by atoms with van der Waals surface area (Å²) in [6.07, 6.45) is 2.87. The smallest absolute Gasteiger partial charge is 0.315 e. The standard InChI is InChI=1S/C12H21N5O2/c1-3-6-13-11(18)5-7-14-12(19)15-9-10-4-8-16-17(10)2/h4,8H,3,5-7,9H2,1-2H3,(H,13,18)(H2,14,15,19). The Morgan fingerprint density at radius 1 is 1.26 bits per heavy atom. The summed E-state index contributed by atoms with van der Waals surface area (Å²) in [7, 11) is 1.81. The molecule has 0 fully saturated rings. The first-order valence-electron chi connectivity index (χ1n) is 6.38. The Kier molecular flexibility index (Phi) is 6.42. The minimum atomic E-state index is -0.288. The largest absolute Gasteiger partial charge is 0.356 e. The molecule has 0 aliphatic rings. The second-order valence-corrected chi connectivity index (χ2v) is 4.16. The summed E-state index contributed by atoms with van der Waals surface area (Å²) in [5, 5.41) is 12.1. The molecule has 7 heteroatoms. The Morgan fingerprint density at radius 3 is 2.68 bits per heavy atom. The number of amides is 3. The van der Waals surface area contributed by atoms with Crippen molar-refractivity contribution in [3.63, 3.8) is 0 Å². The van der Waals surface area contributed by atoms with E-state index in [-0.39, 0.29) is 11.9 Å². The Hall–Kier alpha value is -2.05. The molecule has 0 bridgehead atoms. The third-order valence-corrected chi connectivity index (χ3v) is 2.56. The fourth-order valence-corrected chi connectivity index (χ4v) is 1.45. The van der Waals surface area contributed by atoms with Gasteiger partial charge in [-0.15, -0.1) is 0 Å². The van der Waals surface area contributed by atoms with Crippen molar-refractivity contribution in [2.24, 2.45) is 7.05 Å². The Balaban J connectivity index is 2.11. The van der Waals surface area contributed by atoms with Gasteiger partial charge in [-0.1, -0.05) is 6.92 Å². The lowest BCUT2D eigenvalue weighted by Gasteiger charge is -2.08. The van der Waals surface area contributed by atoms with Gasteiger partial charge in [0.25, 0.3) is 0 Å². The van der Waals surface area contributed by atoms with Crippen LogP contribution in [0.3, 0.4) is 0 Å². The number of hydrogen-bond acceptors (Lipinski definition) is 3. The minimum Gasteiger partial charge on any atom is -0.356 e. The highest BCUT2D eigenvalue weighted by atomic mass is 16.2. The average molecular weight is 267 g/mol. The van der Waals surface area contributed by atoms with Gasteiger partial charge in [0.15, 0.2) is 0 Å². The molecule has 0 saturated heterocycles. The summed E-state index contributed by atoms with van der Waals surface area (Å²) in [5.41, 5.74) is 0.913. The van der Waals surface area contributed by atoms with Crippen molar-refractivity contribution in [3.05, 3.63) is 18.0 Å². The molecule has 3 amide bonds. The number of aryl methyl sites for hydroxylation is 1. The fraction of sp³-hybridized carbons (Fsp3) is 0.583. The number of aromatic nitrogens is 2. The molecule has 0 aliphatic heterocycles. The maximum Gasteiger partial charge on any atom is 0.315 e. The lowest BCUT2D eigenvalue weighted by molar-refractivity contribution is -0.120. The third-order valence-electron chi connectivity index (χ3n) is 2.56. The SMILES string of the molecule is CCCNC(=O)CCNC(=O)NCc1ccnn1C. The quantitative estimate of drug-likeness (QED) is 0.656. The molecule has 0 unspecified atom stereocenters. The molecule has 0 atom stereocenters. The highest BCUT2D eigenvalue weighted by Gasteiger charge is 2.04. The van der Waals surface area contributed by atoms with Gasteiger partial charge in [-0.2, -0.15) is 5.10 Å². The molecule has 0 aliphatic carbocycles. The van der Waals surface area contributed by atoms with Crippen LogP contribution in [0.25, 0.3) is 0 Å². The predicted molar refractivity (Wildman–Crippen MR) is 71.4 cm³/mol. The van der Waals surface area contributed by atoms with Gasteiger partial charge in [0.2, 0.25) is 5.91 Å². The Morgan fingerprint density at radius 2 is 2.05 bits per heavy atom. The first kappa shape index (κ1) is 15.0. The number of carbonyl (C=O) groups is 2. The molecule has 1 rings (SSSR count). The van der Waals surface area contributed by atoms with Gasteiger partial charge in [0, 0.05) is 32.8 Å². The molecule has 1 aromatic heterocycles. The van der Waals surface area contributed by atoms with Gasteiger partial charge in [0.05, 0.1) is 12.2 Å². The van der Waals surface area contributed by atoms with Crippen LogP contribution in [0.4, 0.5) is 4.79 Å². The highest BCUT2D eigenvalue weighted by Crippen LogP contribution is 1.94. The molecule has 0 radical (unpaired) electrons. The van der Waals surface area contributed by atoms with E-state index in [9.17, 15) is 9.59 Å². The van der Waals surface area contributed by atoms with Gasteiger partial charge < -0.3 is 16.0 Å². The van der Waals surface area contributed by atoms with Crippen molar-refractivity contribution in [3.8, 4) is 0 Å². The van der Waals surface area contributed by atoms with E-state index in [1.807, 2.05) is 20.0 Å². The van der Waals surface area contributed by atoms with Crippen molar-refractivity contribution in [1.29, 1.82) is 0 Å². The van der Waals surface area contributed by atoms with E-state index < -0.39 is 0 Å². The van der Waals surface area contributed by atoms with Crippen molar-refractivity contribution in [1.82, 2.24) is 25.7 Å². The van der Waals surface area contributed by atoms with Crippen molar-refractivity contribution < 1.29 is 9.59 Å². The minimum absolute atomic E-state index is 0.0474. The zero-order valence-electron chi connectivity index (χ0n) is 11.4. The average Bonchev–Trinajstić information content (AvgIpc) is 2.79. The second-order valence-electron chi connectivity index (χ2n) is 4.16. The Bertz CT molecular complexity index is 416. The van der Waals surface area contributed by atoms with Crippen molar-refractivity contribution in [2.75, 3.05) is 13.1 Å². The molecule has 3 N–H and O–H groups in total. The van der Waals surface area contributed by atoms with Gasteiger partial charge in [0.1, 0.15) is 0 Å². The molecule has 7 nitrogen and oxygen atoms in total. The van der Waals surface area contributed by atoms with Crippen molar-refractivity contribution in [2.45, 2.75) is 26.3 Å². The maximum atomic E-state index is 11.5. The summed E-state index contributed by atoms with van der Waals surface area (Å²) < 4.78 is 1.69. The maximum absolute atomic E-state index is 11.5. The Labute approximate surface area is 112 Å². The number of urea groups is 1. The number of rotatable bonds is 7. The predicted octanol–water partition coefficient (Wildman–Crippen LogP) is 0.136. The molecule has 0 spiro atoms. The van der Waals surface area contributed by atoms with E-state index >= 15 is 0 Å². The molecule has 0 saturated carbocycles. The van der Waals surface area contributed by atoms with E-state index in [2.05, 4.69) is 21.0 Å². The molecule has 1 heterocycles. The van der Waals surface area contributed by atoms with E-state index in [1.54, 1.807) is 10.9 Å². The second kappa shape index (κ2) is 8.12. The van der Waals surface area contributed by atoms with E-state index in [0.717, 1.165) is 12.1 Å². The van der Waals surface area contributed by atoms with Gasteiger partial charge in [-0.3, -0.25) is 9.48 Å². The highest BCUT2D eigenvalue weighted by molar-refractivity contribution is 5.78. The molecule has 1 aromatic rings. The van der Waals surface area contributed by atoms with Gasteiger partial charge >= 0.3 is 6.03 Å². The first-order chi connectivity index (χ1) is 9.13. The number of nitrogens with zero attached hydrogens (tertiary/aromatic N) is 2. The van der Waals surface area contributed by atoms with Crippen LogP contribution in [-0.2, 0) is 18.4 Å². The molecular weight excluding hydrogens is 246 g/mol. The molecular formula is C12H21N5O2. The van der Waals surface area contributed by atoms with Crippen LogP contribution in [0.5, 0.6) is 0 Å². The lowest BCUT2D eigenvalue weighted by Crippen LogP contribution is -2.37. The normalized spacial score (nSPS) is 10.0. The monoisotopic (exact) mass is 267 g/mol. The van der Waals surface area contributed by atoms with E-state index in [4.69, 9.17) is 0 Å². The first-order valence-corrected chi connectivity index (χ1v) is 6.38. The topological polar surface area (TPSA) is 88.1 Å². The zero-order chi connectivity index (χ0) is 14.1. The van der Waals surface area contributed by atoms with Crippen LogP contribution in [0, 0.1) is 0 Å².